The zero-order valence-electron chi connectivity index (χ0n) is 9.73. The number of aromatic hydroxyl groups is 1. The van der Waals surface area contributed by atoms with Gasteiger partial charge in [-0.3, -0.25) is 0 Å². The number of rotatable bonds is 2. The first-order valence-corrected chi connectivity index (χ1v) is 5.88. The number of aromatic nitrogens is 1. The van der Waals surface area contributed by atoms with Crippen molar-refractivity contribution >= 4 is 17.3 Å². The zero-order valence-corrected chi connectivity index (χ0v) is 10.5. The molecule has 0 atom stereocenters. The van der Waals surface area contributed by atoms with Crippen LogP contribution in [0.15, 0.2) is 18.3 Å². The lowest BCUT2D eigenvalue weighted by Crippen LogP contribution is -2.05. The highest BCUT2D eigenvalue weighted by Gasteiger charge is 2.20. The van der Waals surface area contributed by atoms with Crippen LogP contribution < -0.4 is 0 Å². The Morgan fingerprint density at radius 3 is 2.78 bits per heavy atom. The molecule has 0 bridgehead atoms. The Labute approximate surface area is 107 Å². The van der Waals surface area contributed by atoms with Crippen LogP contribution in [-0.2, 0) is 4.74 Å². The van der Waals surface area contributed by atoms with Crippen molar-refractivity contribution in [3.8, 4) is 16.3 Å². The molecule has 1 aromatic carbocycles. The van der Waals surface area contributed by atoms with Gasteiger partial charge in [-0.05, 0) is 19.1 Å². The summed E-state index contributed by atoms with van der Waals surface area (Å²) in [6.07, 6.45) is 1.60. The molecule has 0 spiro atoms. The molecule has 0 saturated carbocycles. The standard InChI is InChI=1S/C12H10FNO3S/c1-6-5-14-11(18-6)8-3-7(15)4-9(10(8)13)12(16)17-2/h3-5,15H,1-2H3. The predicted molar refractivity (Wildman–Crippen MR) is 65.2 cm³/mol. The summed E-state index contributed by atoms with van der Waals surface area (Å²) in [7, 11) is 1.15. The fourth-order valence-electron chi connectivity index (χ4n) is 1.50. The monoisotopic (exact) mass is 267 g/mol. The molecular formula is C12H10FNO3S. The van der Waals surface area contributed by atoms with E-state index in [1.54, 1.807) is 6.20 Å². The van der Waals surface area contributed by atoms with Crippen LogP contribution in [0.25, 0.3) is 10.6 Å². The molecule has 0 unspecified atom stereocenters. The van der Waals surface area contributed by atoms with Gasteiger partial charge in [-0.25, -0.2) is 14.2 Å². The Balaban J connectivity index is 2.61. The van der Waals surface area contributed by atoms with Crippen molar-refractivity contribution < 1.29 is 19.0 Å². The maximum absolute atomic E-state index is 14.1. The first-order valence-electron chi connectivity index (χ1n) is 5.06. The second kappa shape index (κ2) is 4.73. The number of phenols is 1. The molecule has 6 heteroatoms. The Morgan fingerprint density at radius 1 is 1.50 bits per heavy atom. The molecule has 1 N–H and O–H groups in total. The number of esters is 1. The van der Waals surface area contributed by atoms with Crippen molar-refractivity contribution in [3.63, 3.8) is 0 Å². The van der Waals surface area contributed by atoms with E-state index in [0.717, 1.165) is 18.1 Å². The highest BCUT2D eigenvalue weighted by Crippen LogP contribution is 2.32. The number of carbonyl (C=O) groups is 1. The highest BCUT2D eigenvalue weighted by molar-refractivity contribution is 7.14. The Morgan fingerprint density at radius 2 is 2.22 bits per heavy atom. The largest absolute Gasteiger partial charge is 0.508 e. The van der Waals surface area contributed by atoms with Crippen molar-refractivity contribution in [1.82, 2.24) is 4.98 Å². The number of hydrogen-bond donors (Lipinski definition) is 1. The molecule has 0 aliphatic heterocycles. The number of ether oxygens (including phenoxy) is 1. The summed E-state index contributed by atoms with van der Waals surface area (Å²) in [6.45, 7) is 1.84. The van der Waals surface area contributed by atoms with E-state index in [1.165, 1.54) is 17.4 Å². The van der Waals surface area contributed by atoms with Crippen LogP contribution in [-0.4, -0.2) is 23.2 Å². The number of benzene rings is 1. The summed E-state index contributed by atoms with van der Waals surface area (Å²) >= 11 is 1.28. The van der Waals surface area contributed by atoms with E-state index in [2.05, 4.69) is 9.72 Å². The number of hydrogen-bond acceptors (Lipinski definition) is 5. The average Bonchev–Trinajstić information content (AvgIpc) is 2.77. The number of thiazole rings is 1. The molecule has 0 saturated heterocycles. The van der Waals surface area contributed by atoms with Gasteiger partial charge in [0.1, 0.15) is 16.6 Å². The van der Waals surface area contributed by atoms with Gasteiger partial charge in [0.05, 0.1) is 18.2 Å². The minimum Gasteiger partial charge on any atom is -0.508 e. The van der Waals surface area contributed by atoms with Crippen LogP contribution in [0.3, 0.4) is 0 Å². The summed E-state index contributed by atoms with van der Waals surface area (Å²) in [5.41, 5.74) is -0.214. The van der Waals surface area contributed by atoms with E-state index >= 15 is 0 Å². The lowest BCUT2D eigenvalue weighted by molar-refractivity contribution is 0.0595. The fraction of sp³-hybridized carbons (Fsp3) is 0.167. The van der Waals surface area contributed by atoms with E-state index in [-0.39, 0.29) is 16.9 Å². The van der Waals surface area contributed by atoms with Crippen LogP contribution in [0.4, 0.5) is 4.39 Å². The lowest BCUT2D eigenvalue weighted by Gasteiger charge is -2.06. The second-order valence-electron chi connectivity index (χ2n) is 3.62. The molecule has 0 amide bonds. The molecule has 0 radical (unpaired) electrons. The normalized spacial score (nSPS) is 10.4. The highest BCUT2D eigenvalue weighted by atomic mass is 32.1. The van der Waals surface area contributed by atoms with Gasteiger partial charge in [0.15, 0.2) is 0 Å². The third kappa shape index (κ3) is 2.19. The van der Waals surface area contributed by atoms with Crippen molar-refractivity contribution in [2.45, 2.75) is 6.92 Å². The van der Waals surface area contributed by atoms with Gasteiger partial charge in [0.2, 0.25) is 0 Å². The Hall–Kier alpha value is -1.95. The predicted octanol–water partition coefficient (Wildman–Crippen LogP) is 2.75. The van der Waals surface area contributed by atoms with Crippen molar-refractivity contribution in [3.05, 3.63) is 34.6 Å². The quantitative estimate of drug-likeness (QED) is 0.850. The van der Waals surface area contributed by atoms with Gasteiger partial charge in [0, 0.05) is 11.1 Å². The first kappa shape index (κ1) is 12.5. The zero-order chi connectivity index (χ0) is 13.3. The molecule has 1 heterocycles. The van der Waals surface area contributed by atoms with E-state index in [0.29, 0.717) is 5.01 Å². The molecule has 1 aromatic heterocycles. The second-order valence-corrected chi connectivity index (χ2v) is 4.86. The molecule has 18 heavy (non-hydrogen) atoms. The minimum absolute atomic E-state index is 0.0912. The minimum atomic E-state index is -0.835. The van der Waals surface area contributed by atoms with Gasteiger partial charge in [-0.2, -0.15) is 0 Å². The SMILES string of the molecule is COC(=O)c1cc(O)cc(-c2ncc(C)s2)c1F. The van der Waals surface area contributed by atoms with Crippen molar-refractivity contribution in [1.29, 1.82) is 0 Å². The number of phenolic OH excluding ortho intramolecular Hbond substituents is 1. The van der Waals surface area contributed by atoms with Crippen LogP contribution in [0, 0.1) is 12.7 Å². The van der Waals surface area contributed by atoms with Crippen molar-refractivity contribution in [2.75, 3.05) is 7.11 Å². The van der Waals surface area contributed by atoms with Gasteiger partial charge < -0.3 is 9.84 Å². The molecule has 0 aliphatic rings. The van der Waals surface area contributed by atoms with Crippen molar-refractivity contribution in [2.24, 2.45) is 0 Å². The van der Waals surface area contributed by atoms with Gasteiger partial charge in [-0.15, -0.1) is 11.3 Å². The smallest absolute Gasteiger partial charge is 0.341 e. The summed E-state index contributed by atoms with van der Waals surface area (Å²) in [5, 5.41) is 9.94. The first-order chi connectivity index (χ1) is 8.52. The summed E-state index contributed by atoms with van der Waals surface area (Å²) in [5.74, 6) is -1.79. The van der Waals surface area contributed by atoms with Crippen LogP contribution in [0.2, 0.25) is 0 Å². The number of methoxy groups -OCH3 is 1. The van der Waals surface area contributed by atoms with Crippen LogP contribution >= 0.6 is 11.3 Å². The topological polar surface area (TPSA) is 59.4 Å². The molecular weight excluding hydrogens is 257 g/mol. The number of aryl methyl sites for hydroxylation is 1. The molecule has 2 aromatic rings. The molecule has 0 fully saturated rings. The summed E-state index contributed by atoms with van der Waals surface area (Å²) in [4.78, 5) is 16.3. The number of carbonyl (C=O) groups excluding carboxylic acids is 1. The molecule has 0 aliphatic carbocycles. The van der Waals surface area contributed by atoms with E-state index in [1.807, 2.05) is 6.92 Å². The van der Waals surface area contributed by atoms with E-state index in [9.17, 15) is 14.3 Å². The van der Waals surface area contributed by atoms with E-state index < -0.39 is 11.8 Å². The Kier molecular flexibility index (Phi) is 3.29. The molecule has 2 rings (SSSR count). The third-order valence-electron chi connectivity index (χ3n) is 2.31. The maximum atomic E-state index is 14.1. The number of halogens is 1. The fourth-order valence-corrected chi connectivity index (χ4v) is 2.28. The van der Waals surface area contributed by atoms with Gasteiger partial charge in [-0.1, -0.05) is 0 Å². The Bertz CT molecular complexity index is 609. The molecule has 94 valence electrons. The van der Waals surface area contributed by atoms with Gasteiger partial charge >= 0.3 is 5.97 Å². The third-order valence-corrected chi connectivity index (χ3v) is 3.26. The van der Waals surface area contributed by atoms with Gasteiger partial charge in [0.25, 0.3) is 0 Å². The number of nitrogens with zero attached hydrogens (tertiary/aromatic N) is 1. The average molecular weight is 267 g/mol. The van der Waals surface area contributed by atoms with Crippen LogP contribution in [0.1, 0.15) is 15.2 Å². The summed E-state index contributed by atoms with van der Waals surface area (Å²) in [6, 6.07) is 2.27. The lowest BCUT2D eigenvalue weighted by atomic mass is 10.1. The van der Waals surface area contributed by atoms with E-state index in [4.69, 9.17) is 0 Å². The van der Waals surface area contributed by atoms with Crippen LogP contribution in [0.5, 0.6) is 5.75 Å². The molecule has 4 nitrogen and oxygen atoms in total. The maximum Gasteiger partial charge on any atom is 0.341 e. The summed E-state index contributed by atoms with van der Waals surface area (Å²) < 4.78 is 18.6.